The second-order valence-electron chi connectivity index (χ2n) is 13.0. The Morgan fingerprint density at radius 3 is 1.14 bits per heavy atom. The molecule has 8 bridgehead atoms. The van der Waals surface area contributed by atoms with Gasteiger partial charge in [-0.05, 0) is 138 Å². The summed E-state index contributed by atoms with van der Waals surface area (Å²) in [7, 11) is 0. The fraction of sp³-hybridized carbons (Fsp3) is 0.786. The first-order valence-electron chi connectivity index (χ1n) is 12.8. The molecule has 8 saturated carbocycles. The number of benzene rings is 1. The van der Waals surface area contributed by atoms with Gasteiger partial charge in [0.25, 0.3) is 0 Å². The van der Waals surface area contributed by atoms with Crippen LogP contribution in [0.4, 0.5) is 0 Å². The van der Waals surface area contributed by atoms with Crippen molar-refractivity contribution in [3.63, 3.8) is 0 Å². The van der Waals surface area contributed by atoms with Crippen LogP contribution >= 0.6 is 0 Å². The summed E-state index contributed by atoms with van der Waals surface area (Å²) in [5.41, 5.74) is 6.24. The van der Waals surface area contributed by atoms with Gasteiger partial charge in [-0.25, -0.2) is 0 Å². The van der Waals surface area contributed by atoms with Crippen LogP contribution < -0.4 is 0 Å². The number of hydrogen-bond acceptors (Lipinski definition) is 1. The van der Waals surface area contributed by atoms with Crippen molar-refractivity contribution >= 4 is 0 Å². The van der Waals surface area contributed by atoms with E-state index >= 15 is 0 Å². The molecule has 0 heterocycles. The normalized spacial score (nSPS) is 49.2. The van der Waals surface area contributed by atoms with Crippen LogP contribution in [0.25, 0.3) is 0 Å². The van der Waals surface area contributed by atoms with Crippen molar-refractivity contribution in [2.75, 3.05) is 0 Å². The Balaban J connectivity index is 1.39. The number of phenolic OH excluding ortho intramolecular Hbond substituents is 1. The molecule has 0 unspecified atom stereocenters. The van der Waals surface area contributed by atoms with E-state index in [0.29, 0.717) is 10.8 Å². The first kappa shape index (κ1) is 17.7. The van der Waals surface area contributed by atoms with E-state index in [4.69, 9.17) is 0 Å². The number of hydrogen-bond donors (Lipinski definition) is 1. The van der Waals surface area contributed by atoms with Crippen molar-refractivity contribution in [1.82, 2.24) is 0 Å². The van der Waals surface area contributed by atoms with E-state index in [-0.39, 0.29) is 0 Å². The lowest BCUT2D eigenvalue weighted by molar-refractivity contribution is -0.0106. The molecule has 1 N–H and O–H groups in total. The molecular formula is C28H38O. The van der Waals surface area contributed by atoms with Crippen LogP contribution in [0.5, 0.6) is 5.75 Å². The fourth-order valence-electron chi connectivity index (χ4n) is 11.1. The third-order valence-electron chi connectivity index (χ3n) is 10.8. The predicted molar refractivity (Wildman–Crippen MR) is 117 cm³/mol. The van der Waals surface area contributed by atoms with E-state index in [9.17, 15) is 5.11 Å². The highest BCUT2D eigenvalue weighted by molar-refractivity contribution is 5.57. The molecule has 9 rings (SSSR count). The minimum Gasteiger partial charge on any atom is -0.507 e. The Labute approximate surface area is 176 Å². The molecule has 0 amide bonds. The predicted octanol–water partition coefficient (Wildman–Crippen LogP) is 6.94. The third kappa shape index (κ3) is 2.34. The Hall–Kier alpha value is -0.980. The van der Waals surface area contributed by atoms with Crippen LogP contribution in [-0.4, -0.2) is 5.11 Å². The Kier molecular flexibility index (Phi) is 3.43. The molecule has 156 valence electrons. The monoisotopic (exact) mass is 390 g/mol. The fourth-order valence-corrected chi connectivity index (χ4v) is 11.1. The molecule has 1 heteroatoms. The molecule has 0 spiro atoms. The zero-order chi connectivity index (χ0) is 19.5. The number of aromatic hydroxyl groups is 1. The minimum absolute atomic E-state index is 0.299. The first-order valence-corrected chi connectivity index (χ1v) is 12.8. The molecule has 0 radical (unpaired) electrons. The maximum Gasteiger partial charge on any atom is 0.123 e. The summed E-state index contributed by atoms with van der Waals surface area (Å²) in [6, 6.07) is 2.49. The summed E-state index contributed by atoms with van der Waals surface area (Å²) in [5, 5.41) is 12.1. The molecule has 0 saturated heterocycles. The highest BCUT2D eigenvalue weighted by Gasteiger charge is 2.56. The SMILES string of the molecule is Cc1cc(C)c(C23CC4CC(CC(C4)C2)C3)c(O)c1C12CC3CC(CC(C3)C1)C2. The topological polar surface area (TPSA) is 20.2 Å². The van der Waals surface area contributed by atoms with Crippen molar-refractivity contribution in [2.24, 2.45) is 35.5 Å². The van der Waals surface area contributed by atoms with Gasteiger partial charge in [-0.1, -0.05) is 6.07 Å². The molecule has 0 aromatic heterocycles. The summed E-state index contributed by atoms with van der Waals surface area (Å²) < 4.78 is 0. The van der Waals surface area contributed by atoms with Crippen LogP contribution in [0, 0.1) is 49.4 Å². The average molecular weight is 391 g/mol. The summed E-state index contributed by atoms with van der Waals surface area (Å²) in [6.07, 6.45) is 17.0. The van der Waals surface area contributed by atoms with Gasteiger partial charge in [-0.3, -0.25) is 0 Å². The molecule has 8 fully saturated rings. The van der Waals surface area contributed by atoms with Gasteiger partial charge in [0.2, 0.25) is 0 Å². The maximum atomic E-state index is 12.1. The van der Waals surface area contributed by atoms with E-state index in [1.165, 1.54) is 99.3 Å². The standard InChI is InChI=1S/C28H38O/c1-16-3-17(2)25(28-13-21-7-22(14-28)9-23(8-21)15-28)26(29)24(16)27-10-18-4-19(11-27)6-20(5-18)12-27/h3,18-23,29H,4-15H2,1-2H3. The molecule has 29 heavy (non-hydrogen) atoms. The molecule has 0 aliphatic heterocycles. The van der Waals surface area contributed by atoms with Crippen LogP contribution in [-0.2, 0) is 10.8 Å². The Bertz CT molecular complexity index is 738. The highest BCUT2D eigenvalue weighted by Crippen LogP contribution is 2.66. The van der Waals surface area contributed by atoms with Crippen molar-refractivity contribution < 1.29 is 5.11 Å². The van der Waals surface area contributed by atoms with Crippen LogP contribution in [0.15, 0.2) is 6.07 Å². The summed E-state index contributed by atoms with van der Waals surface area (Å²) in [6.45, 7) is 4.62. The van der Waals surface area contributed by atoms with Crippen molar-refractivity contribution in [3.8, 4) is 5.75 Å². The number of rotatable bonds is 2. The van der Waals surface area contributed by atoms with Gasteiger partial charge in [0.15, 0.2) is 0 Å². The largest absolute Gasteiger partial charge is 0.507 e. The lowest BCUT2D eigenvalue weighted by Crippen LogP contribution is -2.50. The van der Waals surface area contributed by atoms with Gasteiger partial charge in [0.1, 0.15) is 5.75 Å². The molecule has 8 aliphatic carbocycles. The molecular weight excluding hydrogens is 352 g/mol. The van der Waals surface area contributed by atoms with Crippen LogP contribution in [0.3, 0.4) is 0 Å². The van der Waals surface area contributed by atoms with E-state index in [1.54, 1.807) is 0 Å². The summed E-state index contributed by atoms with van der Waals surface area (Å²) in [5.74, 6) is 6.39. The second kappa shape index (κ2) is 5.63. The van der Waals surface area contributed by atoms with Crippen LogP contribution in [0.1, 0.15) is 99.3 Å². The quantitative estimate of drug-likeness (QED) is 0.579. The summed E-state index contributed by atoms with van der Waals surface area (Å²) in [4.78, 5) is 0. The lowest BCUT2D eigenvalue weighted by atomic mass is 9.45. The van der Waals surface area contributed by atoms with E-state index in [2.05, 4.69) is 19.9 Å². The average Bonchev–Trinajstić information content (AvgIpc) is 2.58. The smallest absolute Gasteiger partial charge is 0.123 e. The van der Waals surface area contributed by atoms with Gasteiger partial charge in [0.05, 0.1) is 0 Å². The van der Waals surface area contributed by atoms with Gasteiger partial charge in [0, 0.05) is 22.0 Å². The maximum absolute atomic E-state index is 12.1. The molecule has 0 atom stereocenters. The Morgan fingerprint density at radius 1 is 0.586 bits per heavy atom. The Morgan fingerprint density at radius 2 is 0.862 bits per heavy atom. The van der Waals surface area contributed by atoms with Gasteiger partial charge >= 0.3 is 0 Å². The van der Waals surface area contributed by atoms with Crippen molar-refractivity contribution in [3.05, 3.63) is 28.3 Å². The van der Waals surface area contributed by atoms with E-state index in [0.717, 1.165) is 41.3 Å². The van der Waals surface area contributed by atoms with Gasteiger partial charge < -0.3 is 5.11 Å². The zero-order valence-electron chi connectivity index (χ0n) is 18.5. The van der Waals surface area contributed by atoms with E-state index < -0.39 is 0 Å². The number of aryl methyl sites for hydroxylation is 2. The highest BCUT2D eigenvalue weighted by atomic mass is 16.3. The van der Waals surface area contributed by atoms with E-state index in [1.807, 2.05) is 0 Å². The van der Waals surface area contributed by atoms with Crippen molar-refractivity contribution in [2.45, 2.75) is 102 Å². The molecule has 8 aliphatic rings. The zero-order valence-corrected chi connectivity index (χ0v) is 18.5. The summed E-state index contributed by atoms with van der Waals surface area (Å²) >= 11 is 0. The first-order chi connectivity index (χ1) is 13.9. The second-order valence-corrected chi connectivity index (χ2v) is 13.0. The van der Waals surface area contributed by atoms with Crippen molar-refractivity contribution in [1.29, 1.82) is 0 Å². The molecule has 1 aromatic carbocycles. The number of phenols is 1. The van der Waals surface area contributed by atoms with Gasteiger partial charge in [-0.15, -0.1) is 0 Å². The third-order valence-corrected chi connectivity index (χ3v) is 10.8. The van der Waals surface area contributed by atoms with Gasteiger partial charge in [-0.2, -0.15) is 0 Å². The molecule has 1 aromatic rings. The molecule has 1 nitrogen and oxygen atoms in total. The minimum atomic E-state index is 0.299. The van der Waals surface area contributed by atoms with Crippen LogP contribution in [0.2, 0.25) is 0 Å². The lowest BCUT2D eigenvalue weighted by Gasteiger charge is -2.59.